The number of allylic oxidation sites excluding steroid dienone is 4. The molecule has 1 aliphatic rings. The van der Waals surface area contributed by atoms with Gasteiger partial charge in [-0.3, -0.25) is 0 Å². The van der Waals surface area contributed by atoms with Crippen LogP contribution in [0.5, 0.6) is 0 Å². The van der Waals surface area contributed by atoms with Gasteiger partial charge in [0, 0.05) is 0 Å². The van der Waals surface area contributed by atoms with Gasteiger partial charge >= 0.3 is 81.5 Å². The van der Waals surface area contributed by atoms with E-state index in [4.69, 9.17) is 0 Å². The molecule has 0 atom stereocenters. The molecule has 0 spiro atoms. The molecule has 1 rings (SSSR count). The third kappa shape index (κ3) is 4.06. The van der Waals surface area contributed by atoms with Crippen LogP contribution in [0.4, 0.5) is 0 Å². The van der Waals surface area contributed by atoms with E-state index < -0.39 is 0 Å². The zero-order valence-corrected chi connectivity index (χ0v) is 9.89. The van der Waals surface area contributed by atoms with E-state index in [0.717, 1.165) is 5.92 Å². The van der Waals surface area contributed by atoms with Crippen molar-refractivity contribution in [2.45, 2.75) is 30.8 Å². The summed E-state index contributed by atoms with van der Waals surface area (Å²) < 4.78 is 3.32. The summed E-state index contributed by atoms with van der Waals surface area (Å²) in [4.78, 5) is 0. The zero-order valence-electron chi connectivity index (χ0n) is 7.43. The van der Waals surface area contributed by atoms with E-state index in [9.17, 15) is 0 Å². The molecule has 0 fully saturated rings. The summed E-state index contributed by atoms with van der Waals surface area (Å²) in [5.74, 6) is 0.908. The molecular weight excluding hydrogens is 211 g/mol. The van der Waals surface area contributed by atoms with Crippen LogP contribution in [0.25, 0.3) is 0 Å². The Morgan fingerprint density at radius 1 is 1.55 bits per heavy atom. The van der Waals surface area contributed by atoms with Crippen LogP contribution in [-0.2, 0) is 23.2 Å². The van der Waals surface area contributed by atoms with E-state index in [2.05, 4.69) is 32.1 Å². The van der Waals surface area contributed by atoms with Gasteiger partial charge in [-0.25, -0.2) is 0 Å². The monoisotopic (exact) mass is 226 g/mol. The molecule has 0 N–H and O–H groups in total. The van der Waals surface area contributed by atoms with Crippen LogP contribution in [0.15, 0.2) is 21.5 Å². The summed E-state index contributed by atoms with van der Waals surface area (Å²) in [5, 5.41) is 0. The van der Waals surface area contributed by atoms with E-state index >= 15 is 0 Å². The number of hydrogen-bond donors (Lipinski definition) is 0. The Labute approximate surface area is 81.3 Å². The molecule has 60 valence electrons. The quantitative estimate of drug-likeness (QED) is 0.691. The second kappa shape index (κ2) is 5.09. The van der Waals surface area contributed by atoms with Crippen molar-refractivity contribution in [2.75, 3.05) is 0 Å². The molecule has 0 saturated heterocycles. The molecule has 0 saturated carbocycles. The van der Waals surface area contributed by atoms with Crippen molar-refractivity contribution < 1.29 is 23.2 Å². The topological polar surface area (TPSA) is 0 Å². The zero-order chi connectivity index (χ0) is 8.10. The summed E-state index contributed by atoms with van der Waals surface area (Å²) in [6, 6.07) is 0. The maximum absolute atomic E-state index is 2.34. The first-order valence-electron chi connectivity index (χ1n) is 4.38. The molecular formula is C10H16Zr. The molecule has 0 unspecified atom stereocenters. The van der Waals surface area contributed by atoms with Gasteiger partial charge in [-0.1, -0.05) is 0 Å². The molecule has 0 nitrogen and oxygen atoms in total. The standard InChI is InChI=1S/C5H5.C5H11.Zr/c1-2-4-5-3-1;1-4-5(2)3;/h1-3H,4H2;5H,1,4H2,2-3H3;. The van der Waals surface area contributed by atoms with E-state index in [0.29, 0.717) is 0 Å². The predicted molar refractivity (Wildman–Crippen MR) is 46.1 cm³/mol. The number of hydrogen-bond acceptors (Lipinski definition) is 0. The van der Waals surface area contributed by atoms with Gasteiger partial charge in [-0.05, 0) is 0 Å². The Bertz CT molecular complexity index is 166. The van der Waals surface area contributed by atoms with E-state index in [1.807, 2.05) is 0 Å². The van der Waals surface area contributed by atoms with E-state index in [-0.39, 0.29) is 23.2 Å². The number of rotatable bonds is 4. The summed E-state index contributed by atoms with van der Waals surface area (Å²) in [5.41, 5.74) is 0. The van der Waals surface area contributed by atoms with Crippen LogP contribution < -0.4 is 0 Å². The van der Waals surface area contributed by atoms with Crippen molar-refractivity contribution in [3.63, 3.8) is 0 Å². The maximum atomic E-state index is 2.34. The van der Waals surface area contributed by atoms with Crippen LogP contribution in [0.1, 0.15) is 26.7 Å². The first-order valence-corrected chi connectivity index (χ1v) is 7.35. The fourth-order valence-electron chi connectivity index (χ4n) is 1.10. The fourth-order valence-corrected chi connectivity index (χ4v) is 4.83. The van der Waals surface area contributed by atoms with Gasteiger partial charge in [-0.2, -0.15) is 0 Å². The Hall–Kier alpha value is 0.363. The Balaban J connectivity index is 2.04. The summed E-state index contributed by atoms with van der Waals surface area (Å²) >= 11 is -0.118. The fraction of sp³-hybridized carbons (Fsp3) is 0.600. The summed E-state index contributed by atoms with van der Waals surface area (Å²) in [6.07, 6.45) is 9.57. The molecule has 0 radical (unpaired) electrons. The third-order valence-electron chi connectivity index (χ3n) is 1.85. The van der Waals surface area contributed by atoms with Crippen molar-refractivity contribution in [1.82, 2.24) is 0 Å². The molecule has 0 aliphatic heterocycles. The SMILES string of the molecule is CC(C)C[CH2][Zr][C]1=CC=CC1. The molecule has 1 heteroatoms. The molecule has 11 heavy (non-hydrogen) atoms. The molecule has 1 aliphatic carbocycles. The van der Waals surface area contributed by atoms with Gasteiger partial charge in [0.1, 0.15) is 0 Å². The normalized spacial score (nSPS) is 15.7. The predicted octanol–water partition coefficient (Wildman–Crippen LogP) is 3.38. The summed E-state index contributed by atoms with van der Waals surface area (Å²) in [7, 11) is 0. The Kier molecular flexibility index (Phi) is 4.37. The second-order valence-electron chi connectivity index (χ2n) is 3.43. The average molecular weight is 227 g/mol. The van der Waals surface area contributed by atoms with Gasteiger partial charge in [0.25, 0.3) is 0 Å². The minimum absolute atomic E-state index is 0.118. The Morgan fingerprint density at radius 2 is 2.36 bits per heavy atom. The molecule has 0 aromatic heterocycles. The van der Waals surface area contributed by atoms with Crippen LogP contribution >= 0.6 is 0 Å². The van der Waals surface area contributed by atoms with Gasteiger partial charge in [0.15, 0.2) is 0 Å². The van der Waals surface area contributed by atoms with Crippen molar-refractivity contribution in [1.29, 1.82) is 0 Å². The Morgan fingerprint density at radius 3 is 2.91 bits per heavy atom. The van der Waals surface area contributed by atoms with Crippen LogP contribution in [0.3, 0.4) is 0 Å². The van der Waals surface area contributed by atoms with Crippen LogP contribution in [0.2, 0.25) is 4.13 Å². The summed E-state index contributed by atoms with van der Waals surface area (Å²) in [6.45, 7) is 4.64. The van der Waals surface area contributed by atoms with E-state index in [1.54, 1.807) is 3.28 Å². The average Bonchev–Trinajstić information content (AvgIpc) is 2.39. The van der Waals surface area contributed by atoms with Gasteiger partial charge in [0.2, 0.25) is 0 Å². The van der Waals surface area contributed by atoms with Crippen LogP contribution in [0, 0.1) is 5.92 Å². The van der Waals surface area contributed by atoms with Crippen molar-refractivity contribution in [3.8, 4) is 0 Å². The van der Waals surface area contributed by atoms with Crippen molar-refractivity contribution >= 4 is 0 Å². The third-order valence-corrected chi connectivity index (χ3v) is 5.20. The van der Waals surface area contributed by atoms with Crippen molar-refractivity contribution in [3.05, 3.63) is 21.5 Å². The molecule has 0 bridgehead atoms. The molecule has 0 aromatic rings. The molecule has 0 aromatic carbocycles. The molecule has 0 amide bonds. The van der Waals surface area contributed by atoms with Gasteiger partial charge in [0.05, 0.1) is 0 Å². The molecule has 0 heterocycles. The van der Waals surface area contributed by atoms with Gasteiger partial charge < -0.3 is 0 Å². The minimum atomic E-state index is -0.118. The van der Waals surface area contributed by atoms with Crippen molar-refractivity contribution in [2.24, 2.45) is 5.92 Å². The first-order chi connectivity index (χ1) is 5.29. The van der Waals surface area contributed by atoms with E-state index in [1.165, 1.54) is 17.0 Å². The van der Waals surface area contributed by atoms with Crippen LogP contribution in [-0.4, -0.2) is 0 Å². The first kappa shape index (κ1) is 9.45. The second-order valence-corrected chi connectivity index (χ2v) is 7.11. The van der Waals surface area contributed by atoms with Gasteiger partial charge in [-0.15, -0.1) is 0 Å².